The third-order valence-corrected chi connectivity index (χ3v) is 8.18. The Labute approximate surface area is 263 Å². The Morgan fingerprint density at radius 1 is 0.805 bits per heavy atom. The number of nitrogens with zero attached hydrogens (tertiary/aromatic N) is 4. The molecule has 206 valence electrons. The molecule has 0 aliphatic carbocycles. The van der Waals surface area contributed by atoms with E-state index in [0.29, 0.717) is 5.52 Å². The summed E-state index contributed by atoms with van der Waals surface area (Å²) in [7, 11) is 0. The van der Waals surface area contributed by atoms with Gasteiger partial charge in [-0.2, -0.15) is 24.3 Å². The van der Waals surface area contributed by atoms with Crippen LogP contribution in [0.3, 0.4) is 0 Å². The van der Waals surface area contributed by atoms with E-state index in [4.69, 9.17) is 9.10 Å². The van der Waals surface area contributed by atoms with Gasteiger partial charge in [0.15, 0.2) is 17.4 Å². The maximum atomic E-state index is 8.01. The van der Waals surface area contributed by atoms with E-state index in [1.165, 1.54) is 10.1 Å². The van der Waals surface area contributed by atoms with Gasteiger partial charge in [-0.05, 0) is 46.7 Å². The van der Waals surface area contributed by atoms with E-state index in [9.17, 15) is 0 Å². The van der Waals surface area contributed by atoms with E-state index in [2.05, 4.69) is 86.0 Å². The summed E-state index contributed by atoms with van der Waals surface area (Å²) in [5, 5.41) is 2.28. The van der Waals surface area contributed by atoms with E-state index >= 15 is 0 Å². The summed E-state index contributed by atoms with van der Waals surface area (Å²) < 4.78 is 29.4. The molecule has 0 radical (unpaired) electrons. The molecular formula is C35H29N4PtS-. The van der Waals surface area contributed by atoms with Crippen molar-refractivity contribution in [3.8, 4) is 11.5 Å². The average molecular weight is 736 g/mol. The minimum absolute atomic E-state index is 0. The minimum Gasteiger partial charge on any atom is -0.319 e. The molecule has 7 rings (SSSR count). The quantitative estimate of drug-likeness (QED) is 0.169. The van der Waals surface area contributed by atoms with E-state index in [1.54, 1.807) is 18.1 Å². The van der Waals surface area contributed by atoms with Crippen molar-refractivity contribution in [1.82, 2.24) is 18.7 Å². The van der Waals surface area contributed by atoms with Crippen molar-refractivity contribution in [3.05, 3.63) is 121 Å². The second kappa shape index (κ2) is 10.6. The molecule has 4 nitrogen and oxygen atoms in total. The van der Waals surface area contributed by atoms with E-state index in [0.717, 1.165) is 48.6 Å². The standard InChI is InChI=1S/C35H29N4S.Pt/c1-35(2,3)24-18-19-36-34(20-24)39-30-13-6-5-12-28(30)29-17-16-27(22-33(29)39)40-26-11-9-10-25(21-26)38-23-37(4)31-14-7-8-15-32(31)38;/h5-20,23H,1-4H3;/q-1;/i4D3;. The van der Waals surface area contributed by atoms with Gasteiger partial charge in [-0.1, -0.05) is 55.4 Å². The molecule has 0 saturated carbocycles. The van der Waals surface area contributed by atoms with Gasteiger partial charge in [0, 0.05) is 61.7 Å². The monoisotopic (exact) mass is 735 g/mol. The Balaban J connectivity index is 0.00000343. The fourth-order valence-electron chi connectivity index (χ4n) is 5.24. The van der Waals surface area contributed by atoms with Gasteiger partial charge in [0.05, 0.1) is 0 Å². The topological polar surface area (TPSA) is 27.7 Å². The van der Waals surface area contributed by atoms with Gasteiger partial charge in [0.25, 0.3) is 0 Å². The van der Waals surface area contributed by atoms with Crippen LogP contribution < -0.4 is 0 Å². The van der Waals surface area contributed by atoms with Crippen molar-refractivity contribution in [2.45, 2.75) is 36.0 Å². The number of aryl methyl sites for hydroxylation is 1. The Morgan fingerprint density at radius 3 is 2.37 bits per heavy atom. The van der Waals surface area contributed by atoms with Crippen LogP contribution in [-0.2, 0) is 33.5 Å². The number of para-hydroxylation sites is 3. The van der Waals surface area contributed by atoms with Crippen LogP contribution >= 0.6 is 11.8 Å². The molecule has 0 aliphatic heterocycles. The normalized spacial score (nSPS) is 13.2. The fraction of sp³-hybridized carbons (Fsp3) is 0.143. The number of benzene rings is 4. The first kappa shape index (κ1) is 24.0. The average Bonchev–Trinajstić information content (AvgIpc) is 3.53. The van der Waals surface area contributed by atoms with Crippen molar-refractivity contribution in [3.63, 3.8) is 0 Å². The summed E-state index contributed by atoms with van der Waals surface area (Å²) in [6.07, 6.45) is 3.52. The number of rotatable bonds is 4. The van der Waals surface area contributed by atoms with Gasteiger partial charge in [0.2, 0.25) is 0 Å². The maximum absolute atomic E-state index is 8.01. The Kier molecular flexibility index (Phi) is 6.22. The molecule has 0 fully saturated rings. The number of hydrogen-bond acceptors (Lipinski definition) is 2. The molecule has 0 amide bonds. The van der Waals surface area contributed by atoms with Crippen molar-refractivity contribution in [1.29, 1.82) is 0 Å². The third kappa shape index (κ3) is 4.92. The third-order valence-electron chi connectivity index (χ3n) is 7.26. The molecule has 0 N–H and O–H groups in total. The molecule has 0 spiro atoms. The van der Waals surface area contributed by atoms with Crippen LogP contribution in [0, 0.1) is 12.1 Å². The summed E-state index contributed by atoms with van der Waals surface area (Å²) in [6, 6.07) is 37.5. The van der Waals surface area contributed by atoms with E-state index in [-0.39, 0.29) is 26.5 Å². The summed E-state index contributed by atoms with van der Waals surface area (Å²) in [5.74, 6) is 0.868. The van der Waals surface area contributed by atoms with Crippen LogP contribution in [0.15, 0.2) is 113 Å². The number of aromatic nitrogens is 4. The summed E-state index contributed by atoms with van der Waals surface area (Å²) in [6.45, 7) is 4.34. The smallest absolute Gasteiger partial charge is 0.188 e. The predicted molar refractivity (Wildman–Crippen MR) is 166 cm³/mol. The molecule has 0 bridgehead atoms. The zero-order chi connectivity index (χ0) is 29.9. The van der Waals surface area contributed by atoms with Gasteiger partial charge < -0.3 is 4.57 Å². The first-order valence-corrected chi connectivity index (χ1v) is 14.0. The molecule has 6 heteroatoms. The van der Waals surface area contributed by atoms with Crippen LogP contribution in [0.4, 0.5) is 0 Å². The molecule has 0 saturated heterocycles. The van der Waals surface area contributed by atoms with Gasteiger partial charge in [-0.3, -0.25) is 0 Å². The van der Waals surface area contributed by atoms with Crippen molar-refractivity contribution in [2.24, 2.45) is 6.98 Å². The summed E-state index contributed by atoms with van der Waals surface area (Å²) in [4.78, 5) is 6.64. The molecule has 0 aliphatic rings. The first-order valence-electron chi connectivity index (χ1n) is 14.7. The summed E-state index contributed by atoms with van der Waals surface area (Å²) in [5.41, 5.74) is 5.49. The van der Waals surface area contributed by atoms with Gasteiger partial charge in [-0.25, -0.2) is 14.1 Å². The van der Waals surface area contributed by atoms with E-state index in [1.807, 2.05) is 53.2 Å². The largest absolute Gasteiger partial charge is 0.319 e. The van der Waals surface area contributed by atoms with E-state index < -0.39 is 6.98 Å². The Morgan fingerprint density at radius 2 is 1.56 bits per heavy atom. The molecule has 4 aromatic carbocycles. The van der Waals surface area contributed by atoms with Crippen LogP contribution in [0.25, 0.3) is 44.3 Å². The molecular weight excluding hydrogens is 704 g/mol. The fourth-order valence-corrected chi connectivity index (χ4v) is 6.06. The van der Waals surface area contributed by atoms with Crippen LogP contribution in [0.5, 0.6) is 0 Å². The van der Waals surface area contributed by atoms with Gasteiger partial charge in [0.1, 0.15) is 5.82 Å². The molecule has 41 heavy (non-hydrogen) atoms. The first-order chi connectivity index (χ1) is 20.6. The van der Waals surface area contributed by atoms with Crippen LogP contribution in [-0.4, -0.2) is 18.7 Å². The van der Waals surface area contributed by atoms with Crippen LogP contribution in [0.1, 0.15) is 30.4 Å². The molecule has 3 aromatic heterocycles. The zero-order valence-electron chi connectivity index (χ0n) is 25.8. The summed E-state index contributed by atoms with van der Waals surface area (Å²) >= 11 is 1.57. The second-order valence-corrected chi connectivity index (χ2v) is 12.0. The molecule has 0 unspecified atom stereocenters. The molecule has 3 heterocycles. The Bertz CT molecular complexity index is 2160. The second-order valence-electron chi connectivity index (χ2n) is 10.9. The maximum Gasteiger partial charge on any atom is 0.188 e. The number of pyridine rings is 1. The van der Waals surface area contributed by atoms with Crippen molar-refractivity contribution >= 4 is 44.6 Å². The van der Waals surface area contributed by atoms with Gasteiger partial charge >= 0.3 is 0 Å². The minimum atomic E-state index is -2.29. The number of hydrogen-bond donors (Lipinski definition) is 0. The molecule has 7 aromatic rings. The van der Waals surface area contributed by atoms with Crippen molar-refractivity contribution in [2.75, 3.05) is 0 Å². The molecule has 0 atom stereocenters. The van der Waals surface area contributed by atoms with Gasteiger partial charge in [-0.15, -0.1) is 34.2 Å². The predicted octanol–water partition coefficient (Wildman–Crippen LogP) is 8.79. The number of fused-ring (bicyclic) bond motifs is 4. The SMILES string of the molecule is [2H]C([2H])([2H])n1[cH+]n(-c2[c-]c(Sc3[c-]c4c(cc3)c3ccccc3n4-c3cc(C(C)(C)C)ccn3)ccc2)c2ccccc21.[Pt]. The number of imidazole rings is 1. The van der Waals surface area contributed by atoms with Crippen LogP contribution in [0.2, 0.25) is 0 Å². The zero-order valence-corrected chi connectivity index (χ0v) is 25.9. The van der Waals surface area contributed by atoms with Crippen molar-refractivity contribution < 1.29 is 25.2 Å². The Hall–Kier alpha value is -3.66.